The van der Waals surface area contributed by atoms with E-state index in [2.05, 4.69) is 22.1 Å². The van der Waals surface area contributed by atoms with E-state index >= 15 is 0 Å². The van der Waals surface area contributed by atoms with Crippen molar-refractivity contribution >= 4 is 5.91 Å². The van der Waals surface area contributed by atoms with E-state index < -0.39 is 0 Å². The molecular formula is C19H18N2O2. The summed E-state index contributed by atoms with van der Waals surface area (Å²) in [4.78, 5) is 16.1. The Hall–Kier alpha value is -2.80. The van der Waals surface area contributed by atoms with Crippen molar-refractivity contribution in [1.29, 1.82) is 0 Å². The summed E-state index contributed by atoms with van der Waals surface area (Å²) in [6.07, 6.45) is 4.94. The van der Waals surface area contributed by atoms with E-state index in [1.54, 1.807) is 18.3 Å². The van der Waals surface area contributed by atoms with Crippen molar-refractivity contribution in [3.05, 3.63) is 59.9 Å². The predicted octanol–water partition coefficient (Wildman–Crippen LogP) is 2.79. The summed E-state index contributed by atoms with van der Waals surface area (Å²) < 4.78 is 5.49. The van der Waals surface area contributed by atoms with Gasteiger partial charge in [0.25, 0.3) is 5.91 Å². The number of benzene rings is 1. The van der Waals surface area contributed by atoms with E-state index in [0.717, 1.165) is 24.2 Å². The van der Waals surface area contributed by atoms with Crippen molar-refractivity contribution in [3.63, 3.8) is 0 Å². The molecule has 1 N–H and O–H groups in total. The highest BCUT2D eigenvalue weighted by atomic mass is 16.5. The molecule has 1 amide bonds. The molecule has 1 aromatic heterocycles. The van der Waals surface area contributed by atoms with E-state index in [1.165, 1.54) is 6.42 Å². The van der Waals surface area contributed by atoms with Gasteiger partial charge < -0.3 is 10.1 Å². The van der Waals surface area contributed by atoms with Gasteiger partial charge in [-0.3, -0.25) is 4.79 Å². The van der Waals surface area contributed by atoms with Crippen LogP contribution in [0.25, 0.3) is 0 Å². The zero-order chi connectivity index (χ0) is 15.9. The molecule has 1 aromatic carbocycles. The lowest BCUT2D eigenvalue weighted by molar-refractivity contribution is 0.0912. The number of amides is 1. The Morgan fingerprint density at radius 2 is 2.04 bits per heavy atom. The normalized spacial score (nSPS) is 13.4. The maximum absolute atomic E-state index is 11.9. The zero-order valence-corrected chi connectivity index (χ0v) is 12.8. The van der Waals surface area contributed by atoms with Crippen LogP contribution in [0.2, 0.25) is 0 Å². The van der Waals surface area contributed by atoms with Gasteiger partial charge in [-0.2, -0.15) is 0 Å². The number of nitrogens with one attached hydrogen (secondary N) is 1. The molecule has 0 bridgehead atoms. The van der Waals surface area contributed by atoms with Crippen LogP contribution < -0.4 is 10.1 Å². The largest absolute Gasteiger partial charge is 0.481 e. The fourth-order valence-corrected chi connectivity index (χ4v) is 2.19. The van der Waals surface area contributed by atoms with Gasteiger partial charge in [0.15, 0.2) is 0 Å². The fraction of sp³-hybridized carbons (Fsp3) is 0.263. The molecule has 0 unspecified atom stereocenters. The summed E-state index contributed by atoms with van der Waals surface area (Å²) in [5.41, 5.74) is 1.20. The molecule has 0 aliphatic heterocycles. The van der Waals surface area contributed by atoms with Crippen LogP contribution in [0.5, 0.6) is 5.75 Å². The van der Waals surface area contributed by atoms with Gasteiger partial charge in [0.05, 0.1) is 0 Å². The summed E-state index contributed by atoms with van der Waals surface area (Å²) in [7, 11) is 0. The van der Waals surface area contributed by atoms with Gasteiger partial charge >= 0.3 is 0 Å². The summed E-state index contributed by atoms with van der Waals surface area (Å²) in [5, 5.41) is 2.97. The third-order valence-corrected chi connectivity index (χ3v) is 3.72. The van der Waals surface area contributed by atoms with Crippen LogP contribution >= 0.6 is 0 Å². The van der Waals surface area contributed by atoms with Crippen LogP contribution in [-0.4, -0.2) is 23.5 Å². The van der Waals surface area contributed by atoms with Crippen molar-refractivity contribution in [3.8, 4) is 17.6 Å². The monoisotopic (exact) mass is 306 g/mol. The Bertz CT molecular complexity index is 711. The summed E-state index contributed by atoms with van der Waals surface area (Å²) in [6, 6.07) is 13.4. The number of aromatic nitrogens is 1. The number of para-hydroxylation sites is 1. The van der Waals surface area contributed by atoms with Crippen LogP contribution in [-0.2, 0) is 0 Å². The molecule has 1 fully saturated rings. The van der Waals surface area contributed by atoms with E-state index in [4.69, 9.17) is 4.74 Å². The van der Waals surface area contributed by atoms with Crippen LogP contribution in [0.4, 0.5) is 0 Å². The molecule has 1 aliphatic carbocycles. The summed E-state index contributed by atoms with van der Waals surface area (Å²) in [5.74, 6) is 6.60. The highest BCUT2D eigenvalue weighted by Gasteiger charge is 2.20. The maximum Gasteiger partial charge on any atom is 0.270 e. The lowest BCUT2D eigenvalue weighted by Gasteiger charge is -2.26. The van der Waals surface area contributed by atoms with Crippen molar-refractivity contribution in [2.75, 3.05) is 6.61 Å². The quantitative estimate of drug-likeness (QED) is 0.884. The van der Waals surface area contributed by atoms with Gasteiger partial charge in [0.2, 0.25) is 0 Å². The third-order valence-electron chi connectivity index (χ3n) is 3.72. The van der Waals surface area contributed by atoms with E-state index in [0.29, 0.717) is 18.3 Å². The molecule has 0 spiro atoms. The first kappa shape index (κ1) is 15.1. The number of carbonyl (C=O) groups excluding carboxylic acids is 1. The Labute approximate surface area is 135 Å². The molecule has 1 heterocycles. The van der Waals surface area contributed by atoms with Gasteiger partial charge in [-0.1, -0.05) is 30.0 Å². The molecule has 23 heavy (non-hydrogen) atoms. The fourth-order valence-electron chi connectivity index (χ4n) is 2.19. The molecule has 116 valence electrons. The van der Waals surface area contributed by atoms with E-state index in [1.807, 2.05) is 30.3 Å². The molecule has 2 aromatic rings. The molecule has 4 heteroatoms. The van der Waals surface area contributed by atoms with Crippen LogP contribution in [0, 0.1) is 11.8 Å². The molecule has 1 aliphatic rings. The second-order valence-electron chi connectivity index (χ2n) is 5.44. The van der Waals surface area contributed by atoms with Crippen LogP contribution in [0.3, 0.4) is 0 Å². The first-order valence-electron chi connectivity index (χ1n) is 7.75. The van der Waals surface area contributed by atoms with Gasteiger partial charge in [-0.15, -0.1) is 0 Å². The average molecular weight is 306 g/mol. The van der Waals surface area contributed by atoms with Gasteiger partial charge in [0, 0.05) is 17.8 Å². The van der Waals surface area contributed by atoms with Crippen LogP contribution in [0.1, 0.15) is 35.3 Å². The minimum Gasteiger partial charge on any atom is -0.481 e. The zero-order valence-electron chi connectivity index (χ0n) is 12.8. The SMILES string of the molecule is O=C(NC1CCC1)c1ccc(C#CCOc2ccccc2)cn1. The number of carbonyl (C=O) groups is 1. The van der Waals surface area contributed by atoms with Crippen LogP contribution in [0.15, 0.2) is 48.7 Å². The Balaban J connectivity index is 1.51. The first-order valence-corrected chi connectivity index (χ1v) is 7.75. The molecule has 4 nitrogen and oxygen atoms in total. The van der Waals surface area contributed by atoms with E-state index in [-0.39, 0.29) is 5.91 Å². The number of pyridine rings is 1. The highest BCUT2D eigenvalue weighted by Crippen LogP contribution is 2.18. The predicted molar refractivity (Wildman–Crippen MR) is 88.2 cm³/mol. The minimum absolute atomic E-state index is 0.110. The number of rotatable bonds is 4. The third kappa shape index (κ3) is 4.33. The molecular weight excluding hydrogens is 288 g/mol. The van der Waals surface area contributed by atoms with Crippen molar-refractivity contribution in [1.82, 2.24) is 10.3 Å². The van der Waals surface area contributed by atoms with Crippen molar-refractivity contribution in [2.45, 2.75) is 25.3 Å². The Kier molecular flexibility index (Phi) is 4.90. The number of hydrogen-bond acceptors (Lipinski definition) is 3. The lowest BCUT2D eigenvalue weighted by atomic mass is 9.93. The van der Waals surface area contributed by atoms with Gasteiger partial charge in [0.1, 0.15) is 18.1 Å². The summed E-state index contributed by atoms with van der Waals surface area (Å²) in [6.45, 7) is 0.313. The highest BCUT2D eigenvalue weighted by molar-refractivity contribution is 5.92. The standard InChI is InChI=1S/C19H18N2O2/c22-19(21-16-7-4-8-16)18-12-11-15(14-20-18)6-5-13-23-17-9-2-1-3-10-17/h1-3,9-12,14,16H,4,7-8,13H2,(H,21,22). The number of ether oxygens (including phenoxy) is 1. The topological polar surface area (TPSA) is 51.2 Å². The minimum atomic E-state index is -0.110. The smallest absolute Gasteiger partial charge is 0.270 e. The molecule has 0 saturated heterocycles. The molecule has 3 rings (SSSR count). The van der Waals surface area contributed by atoms with Gasteiger partial charge in [-0.05, 0) is 43.5 Å². The Morgan fingerprint density at radius 1 is 1.22 bits per heavy atom. The van der Waals surface area contributed by atoms with Crippen molar-refractivity contribution in [2.24, 2.45) is 0 Å². The Morgan fingerprint density at radius 3 is 2.70 bits per heavy atom. The summed E-state index contributed by atoms with van der Waals surface area (Å²) >= 11 is 0. The second kappa shape index (κ2) is 7.46. The molecule has 0 radical (unpaired) electrons. The number of nitrogens with zero attached hydrogens (tertiary/aromatic N) is 1. The lowest BCUT2D eigenvalue weighted by Crippen LogP contribution is -2.39. The molecule has 0 atom stereocenters. The van der Waals surface area contributed by atoms with Crippen molar-refractivity contribution < 1.29 is 9.53 Å². The van der Waals surface area contributed by atoms with Gasteiger partial charge in [-0.25, -0.2) is 4.98 Å². The maximum atomic E-state index is 11.9. The van der Waals surface area contributed by atoms with E-state index in [9.17, 15) is 4.79 Å². The molecule has 1 saturated carbocycles. The second-order valence-corrected chi connectivity index (χ2v) is 5.44. The first-order chi connectivity index (χ1) is 11.3. The average Bonchev–Trinajstić information content (AvgIpc) is 2.56. The number of hydrogen-bond donors (Lipinski definition) is 1.